The highest BCUT2D eigenvalue weighted by Crippen LogP contribution is 2.62. The maximum atomic E-state index is 3.57. The normalized spacial score (nSPS) is 40.1. The van der Waals surface area contributed by atoms with E-state index in [0.717, 1.165) is 24.2 Å². The molecule has 5 aliphatic rings. The van der Waals surface area contributed by atoms with Crippen LogP contribution in [0.5, 0.6) is 0 Å². The van der Waals surface area contributed by atoms with Crippen molar-refractivity contribution in [3.63, 3.8) is 0 Å². The third-order valence-corrected chi connectivity index (χ3v) is 10.2. The van der Waals surface area contributed by atoms with Crippen LogP contribution in [0.15, 0.2) is 11.9 Å². The van der Waals surface area contributed by atoms with E-state index in [4.69, 9.17) is 0 Å². The van der Waals surface area contributed by atoms with Crippen LogP contribution in [0.4, 0.5) is 0 Å². The van der Waals surface area contributed by atoms with Crippen LogP contribution < -0.4 is 5.32 Å². The third kappa shape index (κ3) is 3.08. The van der Waals surface area contributed by atoms with Crippen LogP contribution >= 0.6 is 7.80 Å². The lowest BCUT2D eigenvalue weighted by molar-refractivity contribution is -0.0328. The van der Waals surface area contributed by atoms with Gasteiger partial charge in [-0.15, -0.1) is 7.80 Å². The molecule has 0 saturated heterocycles. The van der Waals surface area contributed by atoms with Crippen molar-refractivity contribution in [1.82, 2.24) is 10.2 Å². The van der Waals surface area contributed by atoms with Crippen molar-refractivity contribution >= 4 is 14.8 Å². The average molecular weight is 330 g/mol. The van der Waals surface area contributed by atoms with E-state index in [-0.39, 0.29) is 7.80 Å². The van der Waals surface area contributed by atoms with Gasteiger partial charge in [0.15, 0.2) is 7.00 Å². The maximum absolute atomic E-state index is 3.57. The van der Waals surface area contributed by atoms with Gasteiger partial charge in [0.1, 0.15) is 0 Å². The molecule has 2 radical (unpaired) electrons. The second kappa shape index (κ2) is 5.68. The summed E-state index contributed by atoms with van der Waals surface area (Å²) in [6, 6.07) is 0. The van der Waals surface area contributed by atoms with Gasteiger partial charge in [0, 0.05) is 17.3 Å². The van der Waals surface area contributed by atoms with Gasteiger partial charge in [-0.25, -0.2) is 0 Å². The largest absolute Gasteiger partial charge is 0.357 e. The molecule has 126 valence electrons. The summed E-state index contributed by atoms with van der Waals surface area (Å²) in [7, 11) is 0.0822. The van der Waals surface area contributed by atoms with Crippen LogP contribution in [0.1, 0.15) is 59.3 Å². The molecule has 4 fully saturated rings. The predicted molar refractivity (Wildman–Crippen MR) is 102 cm³/mol. The van der Waals surface area contributed by atoms with Gasteiger partial charge in [-0.3, -0.25) is 0 Å². The van der Waals surface area contributed by atoms with Crippen molar-refractivity contribution in [1.29, 1.82) is 0 Å². The van der Waals surface area contributed by atoms with E-state index in [1.807, 2.05) is 0 Å². The first-order chi connectivity index (χ1) is 10.8. The van der Waals surface area contributed by atoms with Gasteiger partial charge in [-0.2, -0.15) is 0 Å². The van der Waals surface area contributed by atoms with Gasteiger partial charge < -0.3 is 10.2 Å². The predicted octanol–water partition coefficient (Wildman–Crippen LogP) is 4.16. The molecule has 1 unspecified atom stereocenters. The van der Waals surface area contributed by atoms with Crippen LogP contribution in [0, 0.1) is 29.8 Å². The zero-order chi connectivity index (χ0) is 16.2. The standard InChI is InChI=1S/C19H32BN2P/c1-18(2,3)23(4)20-12-22-11-17(21-13-22)19-8-14-5-15(9-19)7-16(6-14)10-19/h11,14-16,20-21H,5-10,12H2,1-4H3. The zero-order valence-corrected chi connectivity index (χ0v) is 16.3. The van der Waals surface area contributed by atoms with Gasteiger partial charge >= 0.3 is 0 Å². The van der Waals surface area contributed by atoms with Gasteiger partial charge in [-0.05, 0) is 67.9 Å². The first-order valence-corrected chi connectivity index (χ1v) is 11.5. The number of nitrogens with one attached hydrogen (secondary N) is 1. The Morgan fingerprint density at radius 2 is 1.78 bits per heavy atom. The summed E-state index contributed by atoms with van der Waals surface area (Å²) >= 11 is 0. The van der Waals surface area contributed by atoms with Gasteiger partial charge in [0.2, 0.25) is 6.67 Å². The topological polar surface area (TPSA) is 15.3 Å². The Morgan fingerprint density at radius 1 is 1.22 bits per heavy atom. The summed E-state index contributed by atoms with van der Waals surface area (Å²) in [5.41, 5.74) is 1.99. The van der Waals surface area contributed by atoms with E-state index >= 15 is 0 Å². The molecule has 4 bridgehead atoms. The Hall–Kier alpha value is -0.165. The van der Waals surface area contributed by atoms with Crippen LogP contribution in [-0.2, 0) is 0 Å². The molecule has 1 atom stereocenters. The van der Waals surface area contributed by atoms with E-state index in [2.05, 4.69) is 50.5 Å². The summed E-state index contributed by atoms with van der Waals surface area (Å²) in [6.07, 6.45) is 12.4. The monoisotopic (exact) mass is 330 g/mol. The van der Waals surface area contributed by atoms with Crippen molar-refractivity contribution in [2.75, 3.05) is 13.1 Å². The molecule has 1 N–H and O–H groups in total. The number of hydrogen-bond acceptors (Lipinski definition) is 2. The Kier molecular flexibility index (Phi) is 4.03. The number of rotatable bonds is 4. The molecule has 0 aromatic rings. The highest BCUT2D eigenvalue weighted by atomic mass is 31.1. The lowest BCUT2D eigenvalue weighted by Crippen LogP contribution is -2.48. The first kappa shape index (κ1) is 16.3. The molecule has 2 nitrogen and oxygen atoms in total. The SMILES string of the molecule is CP(BCN1[C]NC(C23CC4CC(CC(C4)C2)C3)=C1)C(C)(C)C. The molecule has 23 heavy (non-hydrogen) atoms. The molecular formula is C19H32BN2P. The highest BCUT2D eigenvalue weighted by Gasteiger charge is 2.53. The lowest BCUT2D eigenvalue weighted by atomic mass is 9.49. The van der Waals surface area contributed by atoms with Crippen molar-refractivity contribution in [2.24, 2.45) is 23.2 Å². The maximum Gasteiger partial charge on any atom is 0.204 e. The molecule has 4 aliphatic carbocycles. The van der Waals surface area contributed by atoms with E-state index in [1.54, 1.807) is 0 Å². The Bertz CT molecular complexity index is 461. The number of allylic oxidation sites excluding steroid dienone is 1. The summed E-state index contributed by atoms with van der Waals surface area (Å²) in [5.74, 6) is 3.05. The molecule has 1 aliphatic heterocycles. The molecule has 0 amide bonds. The molecule has 1 heterocycles. The van der Waals surface area contributed by atoms with Gasteiger partial charge in [0.05, 0.1) is 0 Å². The second-order valence-corrected chi connectivity index (χ2v) is 12.9. The van der Waals surface area contributed by atoms with Gasteiger partial charge in [-0.1, -0.05) is 27.4 Å². The van der Waals surface area contributed by atoms with Crippen LogP contribution in [0.3, 0.4) is 0 Å². The third-order valence-electron chi connectivity index (χ3n) is 7.05. The van der Waals surface area contributed by atoms with Crippen LogP contribution in [0.25, 0.3) is 0 Å². The van der Waals surface area contributed by atoms with E-state index < -0.39 is 0 Å². The van der Waals surface area contributed by atoms with Gasteiger partial charge in [0.25, 0.3) is 0 Å². The quantitative estimate of drug-likeness (QED) is 0.615. The molecule has 0 spiro atoms. The van der Waals surface area contributed by atoms with E-state index in [1.165, 1.54) is 51.2 Å². The minimum absolute atomic E-state index is 0.0822. The molecular weight excluding hydrogens is 298 g/mol. The number of hydrogen-bond donors (Lipinski definition) is 1. The molecule has 5 rings (SSSR count). The summed E-state index contributed by atoms with van der Waals surface area (Å²) < 4.78 is 0. The highest BCUT2D eigenvalue weighted by molar-refractivity contribution is 7.86. The minimum Gasteiger partial charge on any atom is -0.357 e. The van der Waals surface area contributed by atoms with Crippen molar-refractivity contribution in [3.8, 4) is 0 Å². The van der Waals surface area contributed by atoms with E-state index in [0.29, 0.717) is 10.6 Å². The first-order valence-electron chi connectivity index (χ1n) is 9.56. The van der Waals surface area contributed by atoms with Crippen molar-refractivity contribution < 1.29 is 0 Å². The fraction of sp³-hybridized carbons (Fsp3) is 0.842. The Labute approximate surface area is 144 Å². The summed E-state index contributed by atoms with van der Waals surface area (Å²) in [5, 5.41) is 4.04. The summed E-state index contributed by atoms with van der Waals surface area (Å²) in [6.45, 7) is 14.3. The average Bonchev–Trinajstić information content (AvgIpc) is 2.91. The van der Waals surface area contributed by atoms with Crippen LogP contribution in [0.2, 0.25) is 0 Å². The smallest absolute Gasteiger partial charge is 0.204 e. The van der Waals surface area contributed by atoms with Crippen molar-refractivity contribution in [2.45, 2.75) is 64.5 Å². The second-order valence-electron chi connectivity index (χ2n) is 9.76. The Balaban J connectivity index is 1.41. The Morgan fingerprint density at radius 3 is 2.30 bits per heavy atom. The fourth-order valence-corrected chi connectivity index (χ4v) is 6.96. The van der Waals surface area contributed by atoms with Crippen LogP contribution in [-0.4, -0.2) is 30.2 Å². The molecule has 4 saturated carbocycles. The van der Waals surface area contributed by atoms with E-state index in [9.17, 15) is 0 Å². The molecule has 0 aromatic carbocycles. The van der Waals surface area contributed by atoms with Crippen molar-refractivity contribution in [3.05, 3.63) is 18.6 Å². The minimum atomic E-state index is 0.0822. The lowest BCUT2D eigenvalue weighted by Gasteiger charge is -2.57. The molecule has 4 heteroatoms. The fourth-order valence-electron chi connectivity index (χ4n) is 5.78. The molecule has 0 aromatic heterocycles. The number of nitrogens with zero attached hydrogens (tertiary/aromatic N) is 1. The zero-order valence-electron chi connectivity index (χ0n) is 15.4. The summed E-state index contributed by atoms with van der Waals surface area (Å²) in [4.78, 5) is 2.32.